The van der Waals surface area contributed by atoms with Gasteiger partial charge in [-0.15, -0.1) is 11.6 Å². The van der Waals surface area contributed by atoms with E-state index in [1.54, 1.807) is 4.68 Å². The van der Waals surface area contributed by atoms with Gasteiger partial charge in [0.05, 0.1) is 11.6 Å². The number of nitrogens with zero attached hydrogens (tertiary/aromatic N) is 4. The summed E-state index contributed by atoms with van der Waals surface area (Å²) >= 11 is 6.00. The number of amides is 1. The summed E-state index contributed by atoms with van der Waals surface area (Å²) in [5.74, 6) is 1.03. The predicted octanol–water partition coefficient (Wildman–Crippen LogP) is 1.74. The highest BCUT2D eigenvalue weighted by molar-refractivity contribution is 6.16. The van der Waals surface area contributed by atoms with Crippen molar-refractivity contribution in [3.05, 3.63) is 11.5 Å². The van der Waals surface area contributed by atoms with Crippen LogP contribution in [0.25, 0.3) is 11.2 Å². The van der Waals surface area contributed by atoms with E-state index < -0.39 is 0 Å². The van der Waals surface area contributed by atoms with Crippen molar-refractivity contribution < 1.29 is 4.79 Å². The van der Waals surface area contributed by atoms with Crippen molar-refractivity contribution >= 4 is 28.7 Å². The van der Waals surface area contributed by atoms with Gasteiger partial charge in [0.25, 0.3) is 0 Å². The van der Waals surface area contributed by atoms with Crippen molar-refractivity contribution in [2.75, 3.05) is 0 Å². The molecular formula is C14H20ClN5O. The zero-order valence-corrected chi connectivity index (χ0v) is 13.2. The van der Waals surface area contributed by atoms with Crippen LogP contribution in [0.15, 0.2) is 0 Å². The molecule has 2 aromatic rings. The van der Waals surface area contributed by atoms with Gasteiger partial charge in [-0.25, -0.2) is 4.98 Å². The lowest BCUT2D eigenvalue weighted by atomic mass is 10.2. The molecule has 0 atom stereocenters. The summed E-state index contributed by atoms with van der Waals surface area (Å²) in [5.41, 5.74) is 2.72. The van der Waals surface area contributed by atoms with Crippen molar-refractivity contribution in [1.82, 2.24) is 24.6 Å². The van der Waals surface area contributed by atoms with Crippen molar-refractivity contribution in [2.45, 2.75) is 51.1 Å². The fourth-order valence-electron chi connectivity index (χ4n) is 2.60. The summed E-state index contributed by atoms with van der Waals surface area (Å²) < 4.78 is 3.68. The smallest absolute Gasteiger partial charge is 0.240 e. The number of hydrogen-bond acceptors (Lipinski definition) is 3. The minimum Gasteiger partial charge on any atom is -0.352 e. The van der Waals surface area contributed by atoms with E-state index in [2.05, 4.69) is 22.3 Å². The van der Waals surface area contributed by atoms with E-state index in [0.717, 1.165) is 48.4 Å². The molecule has 7 heteroatoms. The molecule has 2 heterocycles. The Morgan fingerprint density at radius 3 is 2.86 bits per heavy atom. The third-order valence-corrected chi connectivity index (χ3v) is 3.96. The fraction of sp³-hybridized carbons (Fsp3) is 0.643. The number of fused-ring (bicyclic) bond motifs is 1. The lowest BCUT2D eigenvalue weighted by Gasteiger charge is -2.08. The maximum Gasteiger partial charge on any atom is 0.240 e. The monoisotopic (exact) mass is 309 g/mol. The molecule has 0 aromatic carbocycles. The Kier molecular flexibility index (Phi) is 3.89. The van der Waals surface area contributed by atoms with Crippen LogP contribution in [0.4, 0.5) is 0 Å². The Bertz CT molecular complexity index is 670. The molecule has 0 spiro atoms. The van der Waals surface area contributed by atoms with Gasteiger partial charge in [-0.1, -0.05) is 13.3 Å². The summed E-state index contributed by atoms with van der Waals surface area (Å²) in [6, 6.07) is 0.359. The number of carbonyl (C=O) groups excluding carboxylic acids is 1. The Balaban J connectivity index is 1.96. The Hall–Kier alpha value is -1.56. The van der Waals surface area contributed by atoms with Crippen LogP contribution >= 0.6 is 11.6 Å². The van der Waals surface area contributed by atoms with Crippen LogP contribution in [0.2, 0.25) is 0 Å². The summed E-state index contributed by atoms with van der Waals surface area (Å²) in [4.78, 5) is 16.7. The molecule has 1 aliphatic carbocycles. The van der Waals surface area contributed by atoms with E-state index in [9.17, 15) is 4.79 Å². The van der Waals surface area contributed by atoms with Crippen molar-refractivity contribution in [2.24, 2.45) is 7.05 Å². The first-order valence-electron chi connectivity index (χ1n) is 7.40. The highest BCUT2D eigenvalue weighted by Crippen LogP contribution is 2.22. The summed E-state index contributed by atoms with van der Waals surface area (Å²) in [6.45, 7) is 2.36. The van der Waals surface area contributed by atoms with Gasteiger partial charge in [0.15, 0.2) is 5.65 Å². The molecule has 114 valence electrons. The van der Waals surface area contributed by atoms with E-state index in [1.807, 2.05) is 11.6 Å². The highest BCUT2D eigenvalue weighted by Gasteiger charge is 2.25. The summed E-state index contributed by atoms with van der Waals surface area (Å²) in [7, 11) is 1.89. The largest absolute Gasteiger partial charge is 0.352 e. The average molecular weight is 310 g/mol. The van der Waals surface area contributed by atoms with E-state index >= 15 is 0 Å². The second-order valence-corrected chi connectivity index (χ2v) is 5.85. The number of imidazole rings is 1. The molecule has 0 aliphatic heterocycles. The van der Waals surface area contributed by atoms with Crippen molar-refractivity contribution in [1.29, 1.82) is 0 Å². The van der Waals surface area contributed by atoms with Crippen LogP contribution < -0.4 is 5.32 Å². The van der Waals surface area contributed by atoms with Crippen LogP contribution in [0, 0.1) is 0 Å². The van der Waals surface area contributed by atoms with Crippen LogP contribution in [-0.4, -0.2) is 31.3 Å². The molecule has 1 fully saturated rings. The number of nitrogens with one attached hydrogen (secondary N) is 1. The molecule has 1 N–H and O–H groups in total. The third kappa shape index (κ3) is 2.77. The van der Waals surface area contributed by atoms with E-state index in [4.69, 9.17) is 11.6 Å². The zero-order chi connectivity index (χ0) is 15.0. The standard InChI is InChI=1S/C14H20ClN5O/c1-3-4-10-13-14(19(2)18-10)20(11(7-15)17-13)8-12(21)16-9-5-6-9/h9H,3-8H2,1-2H3,(H,16,21). The van der Waals surface area contributed by atoms with Gasteiger partial charge >= 0.3 is 0 Å². The Morgan fingerprint density at radius 1 is 1.48 bits per heavy atom. The van der Waals surface area contributed by atoms with Crippen LogP contribution in [0.3, 0.4) is 0 Å². The van der Waals surface area contributed by atoms with Gasteiger partial charge in [0, 0.05) is 13.1 Å². The van der Waals surface area contributed by atoms with Gasteiger partial charge in [-0.3, -0.25) is 9.48 Å². The number of aryl methyl sites for hydroxylation is 2. The molecule has 21 heavy (non-hydrogen) atoms. The summed E-state index contributed by atoms with van der Waals surface area (Å²) in [5, 5.41) is 7.51. The fourth-order valence-corrected chi connectivity index (χ4v) is 2.81. The van der Waals surface area contributed by atoms with E-state index in [1.165, 1.54) is 0 Å². The average Bonchev–Trinajstić information content (AvgIpc) is 3.10. The lowest BCUT2D eigenvalue weighted by Crippen LogP contribution is -2.30. The zero-order valence-electron chi connectivity index (χ0n) is 12.4. The quantitative estimate of drug-likeness (QED) is 0.827. The predicted molar refractivity (Wildman–Crippen MR) is 81.2 cm³/mol. The van der Waals surface area contributed by atoms with Gasteiger partial charge in [0.2, 0.25) is 5.91 Å². The first-order chi connectivity index (χ1) is 10.1. The molecule has 1 saturated carbocycles. The second kappa shape index (κ2) is 5.67. The van der Waals surface area contributed by atoms with Gasteiger partial charge in [-0.05, 0) is 19.3 Å². The minimum absolute atomic E-state index is 0.0152. The minimum atomic E-state index is 0.0152. The normalized spacial score (nSPS) is 14.8. The Morgan fingerprint density at radius 2 is 2.24 bits per heavy atom. The molecule has 3 rings (SSSR count). The molecule has 0 bridgehead atoms. The molecule has 0 radical (unpaired) electrons. The molecule has 1 aliphatic rings. The van der Waals surface area contributed by atoms with Gasteiger partial charge < -0.3 is 9.88 Å². The maximum atomic E-state index is 12.1. The van der Waals surface area contributed by atoms with Gasteiger partial charge in [0.1, 0.15) is 17.9 Å². The van der Waals surface area contributed by atoms with Crippen LogP contribution in [-0.2, 0) is 30.7 Å². The van der Waals surface area contributed by atoms with Crippen molar-refractivity contribution in [3.8, 4) is 0 Å². The molecule has 6 nitrogen and oxygen atoms in total. The molecule has 2 aromatic heterocycles. The first-order valence-corrected chi connectivity index (χ1v) is 7.93. The lowest BCUT2D eigenvalue weighted by molar-refractivity contribution is -0.121. The molecule has 0 unspecified atom stereocenters. The number of carbonyl (C=O) groups is 1. The number of aromatic nitrogens is 4. The Labute approximate surface area is 128 Å². The van der Waals surface area contributed by atoms with E-state index in [-0.39, 0.29) is 18.3 Å². The SMILES string of the molecule is CCCc1nn(C)c2c1nc(CCl)n2CC(=O)NC1CC1. The van der Waals surface area contributed by atoms with E-state index in [0.29, 0.717) is 6.04 Å². The van der Waals surface area contributed by atoms with Crippen molar-refractivity contribution in [3.63, 3.8) is 0 Å². The summed E-state index contributed by atoms with van der Waals surface area (Å²) in [6.07, 6.45) is 4.06. The number of alkyl halides is 1. The topological polar surface area (TPSA) is 64.7 Å². The molecule has 0 saturated heterocycles. The van der Waals surface area contributed by atoms with Crippen LogP contribution in [0.5, 0.6) is 0 Å². The first kappa shape index (κ1) is 14.4. The number of hydrogen-bond donors (Lipinski definition) is 1. The molecular weight excluding hydrogens is 290 g/mol. The number of rotatable bonds is 6. The van der Waals surface area contributed by atoms with Crippen LogP contribution in [0.1, 0.15) is 37.7 Å². The highest BCUT2D eigenvalue weighted by atomic mass is 35.5. The molecule has 1 amide bonds. The third-order valence-electron chi connectivity index (χ3n) is 3.72. The number of halogens is 1. The second-order valence-electron chi connectivity index (χ2n) is 5.58. The maximum absolute atomic E-state index is 12.1. The van der Waals surface area contributed by atoms with Gasteiger partial charge in [-0.2, -0.15) is 5.10 Å².